The Hall–Kier alpha value is -3.27. The fraction of sp³-hybridized carbons (Fsp3) is 0.286. The van der Waals surface area contributed by atoms with Crippen LogP contribution in [0.2, 0.25) is 0 Å². The number of benzene rings is 2. The fourth-order valence-electron chi connectivity index (χ4n) is 4.70. The molecule has 0 radical (unpaired) electrons. The van der Waals surface area contributed by atoms with Crippen molar-refractivity contribution in [1.82, 2.24) is 4.90 Å². The highest BCUT2D eigenvalue weighted by Gasteiger charge is 2.35. The zero-order valence-corrected chi connectivity index (χ0v) is 18.8. The van der Waals surface area contributed by atoms with E-state index in [1.807, 2.05) is 24.3 Å². The molecule has 0 N–H and O–H groups in total. The molecule has 4 rings (SSSR count). The van der Waals surface area contributed by atoms with E-state index < -0.39 is 17.6 Å². The Morgan fingerprint density at radius 2 is 1.66 bits per heavy atom. The Morgan fingerprint density at radius 1 is 1.00 bits per heavy atom. The highest BCUT2D eigenvalue weighted by molar-refractivity contribution is 6.21. The maximum atomic E-state index is 14.8. The Balaban J connectivity index is 1.50. The second kappa shape index (κ2) is 8.70. The summed E-state index contributed by atoms with van der Waals surface area (Å²) >= 11 is 0. The van der Waals surface area contributed by atoms with Crippen LogP contribution in [0, 0.1) is 5.41 Å². The van der Waals surface area contributed by atoms with E-state index in [9.17, 15) is 14.0 Å². The van der Waals surface area contributed by atoms with Crippen LogP contribution in [-0.4, -0.2) is 23.3 Å². The first-order valence-electron chi connectivity index (χ1n) is 11.1. The molecule has 2 amide bonds. The predicted molar refractivity (Wildman–Crippen MR) is 127 cm³/mol. The van der Waals surface area contributed by atoms with Crippen molar-refractivity contribution in [1.29, 1.82) is 0 Å². The SMILES string of the molecule is CC1=C(C=Cc2cccc(C=C(F)CN3C(=O)c4ccccc4C3=O)c2)C(C)(C)CCC1. The minimum Gasteiger partial charge on any atom is -0.269 e. The molecule has 1 heterocycles. The summed E-state index contributed by atoms with van der Waals surface area (Å²) in [5, 5.41) is 0. The lowest BCUT2D eigenvalue weighted by Gasteiger charge is -2.32. The number of hydrogen-bond donors (Lipinski definition) is 0. The first kappa shape index (κ1) is 21.9. The second-order valence-electron chi connectivity index (χ2n) is 9.27. The van der Waals surface area contributed by atoms with Crippen molar-refractivity contribution in [3.8, 4) is 0 Å². The summed E-state index contributed by atoms with van der Waals surface area (Å²) in [5.41, 5.74) is 5.29. The molecule has 0 fully saturated rings. The Bertz CT molecular complexity index is 1130. The van der Waals surface area contributed by atoms with Gasteiger partial charge in [-0.05, 0) is 72.6 Å². The lowest BCUT2D eigenvalue weighted by atomic mass is 9.72. The van der Waals surface area contributed by atoms with E-state index in [0.29, 0.717) is 16.7 Å². The van der Waals surface area contributed by atoms with Gasteiger partial charge < -0.3 is 0 Å². The summed E-state index contributed by atoms with van der Waals surface area (Å²) in [6.45, 7) is 6.40. The van der Waals surface area contributed by atoms with Crippen molar-refractivity contribution in [2.45, 2.75) is 40.0 Å². The first-order chi connectivity index (χ1) is 15.3. The van der Waals surface area contributed by atoms with Gasteiger partial charge in [0.1, 0.15) is 5.83 Å². The first-order valence-corrected chi connectivity index (χ1v) is 11.1. The number of hydrogen-bond acceptors (Lipinski definition) is 2. The molecule has 2 aromatic carbocycles. The van der Waals surface area contributed by atoms with Gasteiger partial charge in [0.2, 0.25) is 0 Å². The maximum Gasteiger partial charge on any atom is 0.261 e. The van der Waals surface area contributed by atoms with Gasteiger partial charge in [-0.15, -0.1) is 0 Å². The number of carbonyl (C=O) groups is 2. The number of nitrogens with zero attached hydrogens (tertiary/aromatic N) is 1. The number of imide groups is 1. The van der Waals surface area contributed by atoms with Gasteiger partial charge in [-0.2, -0.15) is 0 Å². The van der Waals surface area contributed by atoms with E-state index in [1.54, 1.807) is 24.3 Å². The number of fused-ring (bicyclic) bond motifs is 1. The Kier molecular flexibility index (Phi) is 5.96. The summed E-state index contributed by atoms with van der Waals surface area (Å²) in [6.07, 6.45) is 9.18. The summed E-state index contributed by atoms with van der Waals surface area (Å²) in [5.74, 6) is -1.44. The van der Waals surface area contributed by atoms with Crippen molar-refractivity contribution in [3.63, 3.8) is 0 Å². The molecule has 164 valence electrons. The van der Waals surface area contributed by atoms with Crippen LogP contribution >= 0.6 is 0 Å². The largest absolute Gasteiger partial charge is 0.269 e. The monoisotopic (exact) mass is 429 g/mol. The number of rotatable bonds is 5. The Labute approximate surface area is 188 Å². The molecule has 0 bridgehead atoms. The third-order valence-electron chi connectivity index (χ3n) is 6.41. The van der Waals surface area contributed by atoms with Crippen LogP contribution in [-0.2, 0) is 0 Å². The molecule has 1 aliphatic carbocycles. The highest BCUT2D eigenvalue weighted by Crippen LogP contribution is 2.41. The summed E-state index contributed by atoms with van der Waals surface area (Å²) in [7, 11) is 0. The minimum atomic E-state index is -0.535. The predicted octanol–water partition coefficient (Wildman–Crippen LogP) is 6.83. The van der Waals surface area contributed by atoms with Crippen LogP contribution in [0.4, 0.5) is 4.39 Å². The van der Waals surface area contributed by atoms with Crippen LogP contribution in [0.15, 0.2) is 71.6 Å². The molecule has 0 spiro atoms. The van der Waals surface area contributed by atoms with Crippen molar-refractivity contribution >= 4 is 24.0 Å². The van der Waals surface area contributed by atoms with E-state index in [1.165, 1.54) is 30.1 Å². The molecule has 4 heteroatoms. The van der Waals surface area contributed by atoms with E-state index in [-0.39, 0.29) is 12.0 Å². The van der Waals surface area contributed by atoms with Gasteiger partial charge in [-0.1, -0.05) is 61.9 Å². The van der Waals surface area contributed by atoms with Gasteiger partial charge >= 0.3 is 0 Å². The van der Waals surface area contributed by atoms with Crippen LogP contribution < -0.4 is 0 Å². The van der Waals surface area contributed by atoms with Crippen molar-refractivity contribution < 1.29 is 14.0 Å². The van der Waals surface area contributed by atoms with Crippen molar-refractivity contribution in [2.75, 3.05) is 6.54 Å². The highest BCUT2D eigenvalue weighted by atomic mass is 19.1. The number of allylic oxidation sites excluding steroid dienone is 3. The molecular formula is C28H28FNO2. The number of carbonyl (C=O) groups excluding carboxylic acids is 2. The van der Waals surface area contributed by atoms with E-state index in [2.05, 4.69) is 32.9 Å². The molecule has 0 saturated heterocycles. The zero-order chi connectivity index (χ0) is 22.9. The fourth-order valence-corrected chi connectivity index (χ4v) is 4.70. The molecule has 1 aliphatic heterocycles. The standard InChI is InChI=1S/C28H28FNO2/c1-19-8-7-15-28(2,3)25(19)14-13-20-9-6-10-21(16-20)17-22(29)18-30-26(31)23-11-4-5-12-24(23)27(30)32/h4-6,9-14,16-17H,7-8,15,18H2,1-3H3. The second-order valence-corrected chi connectivity index (χ2v) is 9.27. The van der Waals surface area contributed by atoms with Gasteiger partial charge in [0.15, 0.2) is 0 Å². The topological polar surface area (TPSA) is 37.4 Å². The van der Waals surface area contributed by atoms with E-state index in [4.69, 9.17) is 0 Å². The summed E-state index contributed by atoms with van der Waals surface area (Å²) in [4.78, 5) is 25.9. The summed E-state index contributed by atoms with van der Waals surface area (Å²) in [6, 6.07) is 14.2. The molecular weight excluding hydrogens is 401 g/mol. The average Bonchev–Trinajstić information content (AvgIpc) is 2.98. The van der Waals surface area contributed by atoms with Crippen LogP contribution in [0.25, 0.3) is 12.2 Å². The molecule has 0 saturated carbocycles. The quantitative estimate of drug-likeness (QED) is 0.488. The molecule has 2 aliphatic rings. The normalized spacial score (nSPS) is 18.6. The summed E-state index contributed by atoms with van der Waals surface area (Å²) < 4.78 is 14.8. The molecule has 0 aromatic heterocycles. The molecule has 2 aromatic rings. The van der Waals surface area contributed by atoms with Crippen LogP contribution in [0.5, 0.6) is 0 Å². The van der Waals surface area contributed by atoms with Gasteiger partial charge in [0.25, 0.3) is 11.8 Å². The smallest absolute Gasteiger partial charge is 0.261 e. The third kappa shape index (κ3) is 4.36. The maximum absolute atomic E-state index is 14.8. The molecule has 3 nitrogen and oxygen atoms in total. The molecule has 32 heavy (non-hydrogen) atoms. The number of halogens is 1. The average molecular weight is 430 g/mol. The lowest BCUT2D eigenvalue weighted by molar-refractivity contribution is 0.0660. The minimum absolute atomic E-state index is 0.162. The lowest BCUT2D eigenvalue weighted by Crippen LogP contribution is -2.31. The van der Waals surface area contributed by atoms with Crippen molar-refractivity contribution in [2.24, 2.45) is 5.41 Å². The molecule has 0 unspecified atom stereocenters. The van der Waals surface area contributed by atoms with E-state index in [0.717, 1.165) is 16.9 Å². The Morgan fingerprint density at radius 3 is 2.31 bits per heavy atom. The van der Waals surface area contributed by atoms with Gasteiger partial charge in [0.05, 0.1) is 17.7 Å². The van der Waals surface area contributed by atoms with Gasteiger partial charge in [0, 0.05) is 0 Å². The third-order valence-corrected chi connectivity index (χ3v) is 6.41. The zero-order valence-electron chi connectivity index (χ0n) is 18.8. The number of amides is 2. The molecule has 0 atom stereocenters. The van der Waals surface area contributed by atoms with Gasteiger partial charge in [-0.3, -0.25) is 14.5 Å². The van der Waals surface area contributed by atoms with Crippen LogP contribution in [0.3, 0.4) is 0 Å². The van der Waals surface area contributed by atoms with Gasteiger partial charge in [-0.25, -0.2) is 4.39 Å². The van der Waals surface area contributed by atoms with E-state index >= 15 is 0 Å². The van der Waals surface area contributed by atoms with Crippen molar-refractivity contribution in [3.05, 3.63) is 93.8 Å². The van der Waals surface area contributed by atoms with Crippen LogP contribution in [0.1, 0.15) is 71.9 Å².